The van der Waals surface area contributed by atoms with Crippen LogP contribution in [-0.4, -0.2) is 69.8 Å². The van der Waals surface area contributed by atoms with Crippen LogP contribution < -0.4 is 9.64 Å². The number of carbonyl (C=O) groups excluding carboxylic acids is 1. The van der Waals surface area contributed by atoms with Crippen LogP contribution in [0.25, 0.3) is 0 Å². The predicted octanol–water partition coefficient (Wildman–Crippen LogP) is 5.20. The maximum Gasteiger partial charge on any atom is 0.315 e. The maximum atomic E-state index is 13.8. The number of rotatable bonds is 9. The van der Waals surface area contributed by atoms with Gasteiger partial charge in [0.25, 0.3) is 0 Å². The molecular formula is C34H47NO7. The van der Waals surface area contributed by atoms with Crippen molar-refractivity contribution in [2.24, 2.45) is 45.8 Å². The van der Waals surface area contributed by atoms with Crippen molar-refractivity contribution >= 4 is 17.9 Å². The van der Waals surface area contributed by atoms with Gasteiger partial charge in [-0.15, -0.1) is 0 Å². The van der Waals surface area contributed by atoms with Gasteiger partial charge in [-0.05, 0) is 80.0 Å². The average molecular weight is 582 g/mol. The summed E-state index contributed by atoms with van der Waals surface area (Å²) in [6.07, 6.45) is 5.64. The Morgan fingerprint density at radius 3 is 2.50 bits per heavy atom. The minimum Gasteiger partial charge on any atom is -0.497 e. The average Bonchev–Trinajstić information content (AvgIpc) is 3.49. The molecule has 1 heterocycles. The lowest BCUT2D eigenvalue weighted by atomic mass is 9.43. The van der Waals surface area contributed by atoms with Crippen molar-refractivity contribution in [2.45, 2.75) is 71.9 Å². The number of aldehydes is 1. The van der Waals surface area contributed by atoms with Crippen LogP contribution in [0.2, 0.25) is 0 Å². The van der Waals surface area contributed by atoms with E-state index in [9.17, 15) is 14.7 Å². The molecule has 1 aliphatic heterocycles. The molecule has 3 saturated carbocycles. The SMILES string of the molecule is COc1ccc(N2C[C@H](OCC34C[C@@H]5[C@H](C)CC[C@H]5[C@@]5(C=O)CC3C=C(C(C)C)[C@@]45C(=O)O)O[C@H](C)[C@@H](OC)C2)cc1. The van der Waals surface area contributed by atoms with Crippen LogP contribution in [0.5, 0.6) is 5.75 Å². The van der Waals surface area contributed by atoms with Crippen molar-refractivity contribution in [2.75, 3.05) is 38.8 Å². The van der Waals surface area contributed by atoms with Crippen LogP contribution >= 0.6 is 0 Å². The zero-order chi connectivity index (χ0) is 30.0. The summed E-state index contributed by atoms with van der Waals surface area (Å²) in [7, 11) is 3.35. The van der Waals surface area contributed by atoms with E-state index in [1.807, 2.05) is 31.2 Å². The number of hydrogen-bond acceptors (Lipinski definition) is 7. The second-order valence-electron chi connectivity index (χ2n) is 13.9. The predicted molar refractivity (Wildman–Crippen MR) is 158 cm³/mol. The van der Waals surface area contributed by atoms with Gasteiger partial charge in [0.05, 0.1) is 31.8 Å². The number of benzene rings is 1. The molecule has 6 rings (SSSR count). The normalized spacial score (nSPS) is 42.3. The number of methoxy groups -OCH3 is 2. The fourth-order valence-electron chi connectivity index (χ4n) is 10.2. The fourth-order valence-corrected chi connectivity index (χ4v) is 10.2. The molecule has 1 N–H and O–H groups in total. The van der Waals surface area contributed by atoms with E-state index >= 15 is 0 Å². The Bertz CT molecular complexity index is 1230. The van der Waals surface area contributed by atoms with Crippen molar-refractivity contribution in [1.82, 2.24) is 0 Å². The third kappa shape index (κ3) is 3.90. The number of anilines is 1. The molecule has 2 unspecified atom stereocenters. The minimum absolute atomic E-state index is 0.0124. The summed E-state index contributed by atoms with van der Waals surface area (Å²) in [4.78, 5) is 29.3. The Morgan fingerprint density at radius 2 is 1.88 bits per heavy atom. The molecule has 0 radical (unpaired) electrons. The quantitative estimate of drug-likeness (QED) is 0.314. The van der Waals surface area contributed by atoms with Gasteiger partial charge in [-0.3, -0.25) is 4.79 Å². The summed E-state index contributed by atoms with van der Waals surface area (Å²) >= 11 is 0. The van der Waals surface area contributed by atoms with Crippen LogP contribution in [0.4, 0.5) is 5.69 Å². The highest BCUT2D eigenvalue weighted by Crippen LogP contribution is 2.82. The smallest absolute Gasteiger partial charge is 0.315 e. The molecule has 0 amide bonds. The summed E-state index contributed by atoms with van der Waals surface area (Å²) in [5, 5.41) is 11.3. The van der Waals surface area contributed by atoms with Gasteiger partial charge in [-0.25, -0.2) is 0 Å². The van der Waals surface area contributed by atoms with E-state index in [4.69, 9.17) is 18.9 Å². The van der Waals surface area contributed by atoms with E-state index in [1.54, 1.807) is 14.2 Å². The first-order valence-corrected chi connectivity index (χ1v) is 15.7. The highest BCUT2D eigenvalue weighted by Gasteiger charge is 2.84. The van der Waals surface area contributed by atoms with Crippen molar-refractivity contribution in [3.63, 3.8) is 0 Å². The number of hydrogen-bond donors (Lipinski definition) is 1. The van der Waals surface area contributed by atoms with E-state index in [0.29, 0.717) is 31.3 Å². The van der Waals surface area contributed by atoms with E-state index < -0.39 is 28.5 Å². The van der Waals surface area contributed by atoms with Gasteiger partial charge in [0, 0.05) is 24.8 Å². The molecule has 5 aliphatic rings. The molecule has 10 atom stereocenters. The van der Waals surface area contributed by atoms with Gasteiger partial charge in [-0.2, -0.15) is 0 Å². The molecule has 230 valence electrons. The van der Waals surface area contributed by atoms with E-state index in [-0.39, 0.29) is 36.6 Å². The number of ether oxygens (including phenoxy) is 4. The van der Waals surface area contributed by atoms with Gasteiger partial charge in [0.2, 0.25) is 0 Å². The Morgan fingerprint density at radius 1 is 1.14 bits per heavy atom. The monoisotopic (exact) mass is 581 g/mol. The van der Waals surface area contributed by atoms with Crippen LogP contribution in [0.1, 0.15) is 53.4 Å². The van der Waals surface area contributed by atoms with Crippen LogP contribution in [-0.2, 0) is 23.8 Å². The molecule has 1 aromatic carbocycles. The summed E-state index contributed by atoms with van der Waals surface area (Å²) in [6.45, 7) is 9.77. The molecule has 4 bridgehead atoms. The number of carboxylic acid groups (broad SMARTS) is 1. The number of fused-ring (bicyclic) bond motifs is 2. The number of carbonyl (C=O) groups is 2. The summed E-state index contributed by atoms with van der Waals surface area (Å²) < 4.78 is 24.4. The van der Waals surface area contributed by atoms with Crippen molar-refractivity contribution in [3.8, 4) is 5.75 Å². The van der Waals surface area contributed by atoms with Crippen LogP contribution in [0.3, 0.4) is 0 Å². The molecule has 8 heteroatoms. The fraction of sp³-hybridized carbons (Fsp3) is 0.706. The third-order valence-electron chi connectivity index (χ3n) is 12.0. The molecule has 4 aliphatic carbocycles. The standard InChI is InChI=1S/C34H47NO7/c1-20(2)28-13-23-14-32(18-36)27-12-7-21(3)26(27)15-33(23,34(28,32)31(37)38)19-41-30-17-35(16-29(40-6)22(4)42-30)24-8-10-25(39-5)11-9-24/h8-11,13,18,20-23,26-27,29-30H,7,12,14-17,19H2,1-6H3,(H,37,38)/t21-,22-,23?,26-,27-,29+,30-,32+,33?,34+/m1/s1. The molecule has 4 fully saturated rings. The lowest BCUT2D eigenvalue weighted by molar-refractivity contribution is -0.217. The first-order valence-electron chi connectivity index (χ1n) is 15.7. The van der Waals surface area contributed by atoms with E-state index in [0.717, 1.165) is 42.6 Å². The number of allylic oxidation sites excluding steroid dienone is 1. The lowest BCUT2D eigenvalue weighted by Gasteiger charge is -2.58. The molecule has 1 aromatic rings. The molecule has 1 saturated heterocycles. The highest BCUT2D eigenvalue weighted by atomic mass is 16.7. The van der Waals surface area contributed by atoms with E-state index in [2.05, 4.69) is 31.7 Å². The van der Waals surface area contributed by atoms with Crippen molar-refractivity contribution in [1.29, 1.82) is 0 Å². The Labute approximate surface area is 249 Å². The molecule has 0 spiro atoms. The van der Waals surface area contributed by atoms with E-state index in [1.165, 1.54) is 0 Å². The Hall–Kier alpha value is -2.42. The first-order chi connectivity index (χ1) is 20.1. The van der Waals surface area contributed by atoms with Gasteiger partial charge in [0.15, 0.2) is 6.29 Å². The topological polar surface area (TPSA) is 94.5 Å². The number of aliphatic carboxylic acids is 1. The first kappa shape index (κ1) is 29.6. The van der Waals surface area contributed by atoms with Crippen LogP contribution in [0.15, 0.2) is 35.9 Å². The summed E-state index contributed by atoms with van der Waals surface area (Å²) in [5.74, 6) is 0.826. The molecule has 42 heavy (non-hydrogen) atoms. The second-order valence-corrected chi connectivity index (χ2v) is 13.9. The largest absolute Gasteiger partial charge is 0.497 e. The molecular weight excluding hydrogens is 534 g/mol. The third-order valence-corrected chi connectivity index (χ3v) is 12.0. The van der Waals surface area contributed by atoms with Crippen molar-refractivity contribution in [3.05, 3.63) is 35.9 Å². The Balaban J connectivity index is 1.36. The van der Waals surface area contributed by atoms with Gasteiger partial charge < -0.3 is 33.7 Å². The second kappa shape index (κ2) is 10.6. The number of nitrogens with zero attached hydrogens (tertiary/aromatic N) is 1. The van der Waals surface area contributed by atoms with Crippen LogP contribution in [0, 0.1) is 45.8 Å². The van der Waals surface area contributed by atoms with Gasteiger partial charge >= 0.3 is 5.97 Å². The summed E-state index contributed by atoms with van der Waals surface area (Å²) in [6, 6.07) is 7.92. The lowest BCUT2D eigenvalue weighted by Crippen LogP contribution is -2.63. The summed E-state index contributed by atoms with van der Waals surface area (Å²) in [5.41, 5.74) is -0.914. The van der Waals surface area contributed by atoms with Crippen molar-refractivity contribution < 1.29 is 33.6 Å². The minimum atomic E-state index is -1.26. The molecule has 0 aromatic heterocycles. The highest BCUT2D eigenvalue weighted by molar-refractivity contribution is 5.90. The van der Waals surface area contributed by atoms with Gasteiger partial charge in [0.1, 0.15) is 23.6 Å². The molecule has 8 nitrogen and oxygen atoms in total. The zero-order valence-electron chi connectivity index (χ0n) is 25.9. The number of carboxylic acids is 1. The van der Waals surface area contributed by atoms with Gasteiger partial charge in [-0.1, -0.05) is 38.8 Å². The maximum absolute atomic E-state index is 13.8. The Kier molecular flexibility index (Phi) is 7.51. The zero-order valence-corrected chi connectivity index (χ0v) is 25.9.